The lowest BCUT2D eigenvalue weighted by Crippen LogP contribution is -2.09. The summed E-state index contributed by atoms with van der Waals surface area (Å²) >= 11 is 2.08. The molecule has 152 valence electrons. The number of imidazole rings is 2. The van der Waals surface area contributed by atoms with E-state index in [2.05, 4.69) is 37.5 Å². The number of fused-ring (bicyclic) bond motifs is 2. The summed E-state index contributed by atoms with van der Waals surface area (Å²) in [4.78, 5) is 12.5. The molecule has 4 aromatic rings. The number of aromatic nitrogens is 5. The van der Waals surface area contributed by atoms with E-state index in [4.69, 9.17) is 0 Å². The maximum absolute atomic E-state index is 13.0. The fourth-order valence-electron chi connectivity index (χ4n) is 3.02. The van der Waals surface area contributed by atoms with Gasteiger partial charge in [0.1, 0.15) is 16.9 Å². The molecule has 0 fully saturated rings. The first-order valence-electron chi connectivity index (χ1n) is 8.33. The van der Waals surface area contributed by atoms with E-state index in [1.807, 2.05) is 0 Å². The average Bonchev–Trinajstić information content (AvgIpc) is 3.18. The van der Waals surface area contributed by atoms with E-state index >= 15 is 0 Å². The van der Waals surface area contributed by atoms with Gasteiger partial charge in [-0.2, -0.15) is 13.2 Å². The third-order valence-electron chi connectivity index (χ3n) is 4.47. The maximum atomic E-state index is 13.0. The Morgan fingerprint density at radius 3 is 2.59 bits per heavy atom. The van der Waals surface area contributed by atoms with Crippen molar-refractivity contribution < 1.29 is 21.6 Å². The summed E-state index contributed by atoms with van der Waals surface area (Å²) < 4.78 is 68.4. The minimum Gasteiger partial charge on any atom is -0.310 e. The quantitative estimate of drug-likeness (QED) is 0.374. The molecule has 0 spiro atoms. The van der Waals surface area contributed by atoms with Crippen LogP contribution in [0.25, 0.3) is 28.3 Å². The van der Waals surface area contributed by atoms with Gasteiger partial charge in [-0.3, -0.25) is 4.40 Å². The normalized spacial score (nSPS) is 12.9. The number of pyridine rings is 2. The minimum absolute atomic E-state index is 0.00353. The molecule has 0 amide bonds. The van der Waals surface area contributed by atoms with Crippen LogP contribution >= 0.6 is 22.6 Å². The second-order valence-corrected chi connectivity index (χ2v) is 9.74. The number of aryl methyl sites for hydroxylation is 1. The Bertz CT molecular complexity index is 1380. The lowest BCUT2D eigenvalue weighted by molar-refractivity contribution is -0.137. The Kier molecular flexibility index (Phi) is 4.60. The summed E-state index contributed by atoms with van der Waals surface area (Å²) in [5, 5.41) is -0.0548. The summed E-state index contributed by atoms with van der Waals surface area (Å²) in [5.41, 5.74) is -0.262. The molecular weight excluding hydrogens is 522 g/mol. The molecule has 0 aromatic carbocycles. The highest BCUT2D eigenvalue weighted by Gasteiger charge is 2.33. The van der Waals surface area contributed by atoms with Crippen LogP contribution in [0.3, 0.4) is 0 Å². The number of nitrogens with zero attached hydrogens (tertiary/aromatic N) is 5. The summed E-state index contributed by atoms with van der Waals surface area (Å²) in [7, 11) is -2.16. The third-order valence-corrected chi connectivity index (χ3v) is 6.88. The predicted octanol–water partition coefficient (Wildman–Crippen LogP) is 3.70. The molecule has 0 aliphatic rings. The van der Waals surface area contributed by atoms with Gasteiger partial charge in [-0.15, -0.1) is 0 Å². The fraction of sp³-hybridized carbons (Fsp3) is 0.235. The molecule has 0 N–H and O–H groups in total. The van der Waals surface area contributed by atoms with E-state index in [9.17, 15) is 21.6 Å². The molecule has 4 rings (SSSR count). The number of halogens is 4. The van der Waals surface area contributed by atoms with Crippen LogP contribution in [0.5, 0.6) is 0 Å². The van der Waals surface area contributed by atoms with Crippen LogP contribution in [-0.4, -0.2) is 38.1 Å². The molecule has 0 bridgehead atoms. The van der Waals surface area contributed by atoms with Crippen molar-refractivity contribution in [3.63, 3.8) is 0 Å². The molecule has 4 aromatic heterocycles. The minimum atomic E-state index is -4.56. The summed E-state index contributed by atoms with van der Waals surface area (Å²) in [6.07, 6.45) is -2.24. The van der Waals surface area contributed by atoms with Gasteiger partial charge in [-0.25, -0.2) is 23.4 Å². The van der Waals surface area contributed by atoms with Crippen molar-refractivity contribution in [2.75, 3.05) is 5.75 Å². The van der Waals surface area contributed by atoms with Gasteiger partial charge in [0.2, 0.25) is 0 Å². The summed E-state index contributed by atoms with van der Waals surface area (Å²) in [6, 6.07) is 4.33. The fourth-order valence-corrected chi connectivity index (χ4v) is 4.62. The van der Waals surface area contributed by atoms with Crippen LogP contribution in [0, 0.1) is 3.57 Å². The predicted molar refractivity (Wildman–Crippen MR) is 108 cm³/mol. The lowest BCUT2D eigenvalue weighted by atomic mass is 10.2. The van der Waals surface area contributed by atoms with Crippen LogP contribution in [0.15, 0.2) is 35.6 Å². The Morgan fingerprint density at radius 1 is 1.21 bits per heavy atom. The first kappa shape index (κ1) is 20.1. The van der Waals surface area contributed by atoms with Crippen molar-refractivity contribution >= 4 is 49.2 Å². The first-order valence-corrected chi connectivity index (χ1v) is 11.1. The van der Waals surface area contributed by atoms with Crippen LogP contribution in [-0.2, 0) is 23.1 Å². The highest BCUT2D eigenvalue weighted by atomic mass is 127. The van der Waals surface area contributed by atoms with Crippen molar-refractivity contribution in [3.8, 4) is 11.5 Å². The molecule has 0 aliphatic carbocycles. The maximum Gasteiger partial charge on any atom is 0.417 e. The molecule has 0 radical (unpaired) electrons. The van der Waals surface area contributed by atoms with Crippen LogP contribution in [0.4, 0.5) is 13.2 Å². The van der Waals surface area contributed by atoms with Crippen molar-refractivity contribution in [2.45, 2.75) is 18.1 Å². The smallest absolute Gasteiger partial charge is 0.310 e. The van der Waals surface area contributed by atoms with Crippen LogP contribution in [0.1, 0.15) is 12.5 Å². The second-order valence-electron chi connectivity index (χ2n) is 6.30. The Hall–Kier alpha value is -2.22. The summed E-state index contributed by atoms with van der Waals surface area (Å²) in [6.45, 7) is 1.51. The zero-order chi connectivity index (χ0) is 21.1. The Morgan fingerprint density at radius 2 is 1.93 bits per heavy atom. The van der Waals surface area contributed by atoms with E-state index < -0.39 is 21.6 Å². The monoisotopic (exact) mass is 535 g/mol. The van der Waals surface area contributed by atoms with Gasteiger partial charge in [0.25, 0.3) is 0 Å². The van der Waals surface area contributed by atoms with Gasteiger partial charge in [0.15, 0.2) is 26.3 Å². The number of sulfone groups is 1. The molecule has 29 heavy (non-hydrogen) atoms. The Balaban J connectivity index is 2.05. The summed E-state index contributed by atoms with van der Waals surface area (Å²) in [5.74, 6) is -0.0437. The lowest BCUT2D eigenvalue weighted by Gasteiger charge is -2.06. The zero-order valence-electron chi connectivity index (χ0n) is 15.1. The SMILES string of the molecule is CCS(=O)(=O)c1c(-c2nc3cc(C(F)(F)F)cnc3n2C)nc2cc(I)ccn12. The van der Waals surface area contributed by atoms with E-state index in [0.717, 1.165) is 15.8 Å². The van der Waals surface area contributed by atoms with E-state index in [-0.39, 0.29) is 33.5 Å². The second kappa shape index (κ2) is 6.65. The van der Waals surface area contributed by atoms with Gasteiger partial charge in [0, 0.05) is 23.0 Å². The molecule has 0 saturated carbocycles. The molecule has 0 atom stereocenters. The number of rotatable bonds is 3. The highest BCUT2D eigenvalue weighted by molar-refractivity contribution is 14.1. The van der Waals surface area contributed by atoms with Gasteiger partial charge in [0.05, 0.1) is 11.3 Å². The number of hydrogen-bond donors (Lipinski definition) is 0. The van der Waals surface area contributed by atoms with Crippen molar-refractivity contribution in [2.24, 2.45) is 7.05 Å². The van der Waals surface area contributed by atoms with Crippen LogP contribution < -0.4 is 0 Å². The average molecular weight is 535 g/mol. The van der Waals surface area contributed by atoms with Crippen molar-refractivity contribution in [1.82, 2.24) is 23.9 Å². The number of hydrogen-bond acceptors (Lipinski definition) is 5. The molecule has 12 heteroatoms. The molecule has 0 saturated heterocycles. The van der Waals surface area contributed by atoms with Gasteiger partial charge in [-0.1, -0.05) is 6.92 Å². The van der Waals surface area contributed by atoms with Crippen LogP contribution in [0.2, 0.25) is 0 Å². The number of alkyl halides is 3. The highest BCUT2D eigenvalue weighted by Crippen LogP contribution is 2.33. The third kappa shape index (κ3) is 3.27. The standard InChI is InChI=1S/C17H13F3IN5O2S/c1-3-29(27,28)16-13(24-12-7-10(21)4-5-26(12)16)15-23-11-6-9(17(18,19)20)8-22-14(11)25(15)2/h4-8H,3H2,1-2H3. The van der Waals surface area contributed by atoms with E-state index in [0.29, 0.717) is 5.65 Å². The van der Waals surface area contributed by atoms with Gasteiger partial charge >= 0.3 is 6.18 Å². The van der Waals surface area contributed by atoms with E-state index in [1.54, 1.807) is 25.4 Å². The molecule has 4 heterocycles. The molecule has 0 unspecified atom stereocenters. The molecule has 0 aliphatic heterocycles. The zero-order valence-corrected chi connectivity index (χ0v) is 18.0. The largest absolute Gasteiger partial charge is 0.417 e. The molecular formula is C17H13F3IN5O2S. The van der Waals surface area contributed by atoms with Gasteiger partial charge in [-0.05, 0) is 40.8 Å². The van der Waals surface area contributed by atoms with E-state index in [1.165, 1.54) is 15.9 Å². The molecule has 7 nitrogen and oxygen atoms in total. The topological polar surface area (TPSA) is 82.1 Å². The Labute approximate surface area is 176 Å². The van der Waals surface area contributed by atoms with Crippen molar-refractivity contribution in [1.29, 1.82) is 0 Å². The van der Waals surface area contributed by atoms with Gasteiger partial charge < -0.3 is 4.57 Å². The first-order chi connectivity index (χ1) is 13.5. The van der Waals surface area contributed by atoms with Crippen molar-refractivity contribution in [3.05, 3.63) is 39.7 Å².